The van der Waals surface area contributed by atoms with Crippen LogP contribution in [-0.2, 0) is 14.8 Å². The molecule has 2 aromatic carbocycles. The summed E-state index contributed by atoms with van der Waals surface area (Å²) >= 11 is 1.25. The van der Waals surface area contributed by atoms with Gasteiger partial charge in [-0.3, -0.25) is 9.52 Å². The van der Waals surface area contributed by atoms with Crippen LogP contribution in [0, 0.1) is 12.8 Å². The largest absolute Gasteiger partial charge is 0.326 e. The topological polar surface area (TPSA) is 88.2 Å². The molecule has 0 unspecified atom stereocenters. The predicted molar refractivity (Wildman–Crippen MR) is 121 cm³/mol. The standard InChI is InChI=1S/C22H25N3O3S2/c1-15-7-10-18(11-8-15)30(27,28)25-22-24-19-12-9-17(14-20(19)29-22)23-21(26)13-16-5-3-2-4-6-16/h7-12,14,16H,2-6,13H2,1H3,(H,23,26)(H,24,25). The van der Waals surface area contributed by atoms with Gasteiger partial charge < -0.3 is 5.32 Å². The van der Waals surface area contributed by atoms with Crippen LogP contribution >= 0.6 is 11.3 Å². The average molecular weight is 444 g/mol. The lowest BCUT2D eigenvalue weighted by atomic mass is 9.87. The highest BCUT2D eigenvalue weighted by atomic mass is 32.2. The van der Waals surface area contributed by atoms with Crippen LogP contribution < -0.4 is 10.0 Å². The van der Waals surface area contributed by atoms with E-state index in [0.29, 0.717) is 28.7 Å². The maximum Gasteiger partial charge on any atom is 0.263 e. The number of nitrogens with one attached hydrogen (secondary N) is 2. The number of anilines is 2. The molecule has 1 aliphatic rings. The van der Waals surface area contributed by atoms with Crippen LogP contribution in [0.2, 0.25) is 0 Å². The van der Waals surface area contributed by atoms with Crippen LogP contribution in [0.5, 0.6) is 0 Å². The fourth-order valence-corrected chi connectivity index (χ4v) is 5.94. The molecule has 4 rings (SSSR count). The zero-order valence-corrected chi connectivity index (χ0v) is 18.5. The number of fused-ring (bicyclic) bond motifs is 1. The smallest absolute Gasteiger partial charge is 0.263 e. The van der Waals surface area contributed by atoms with Crippen molar-refractivity contribution in [1.29, 1.82) is 0 Å². The summed E-state index contributed by atoms with van der Waals surface area (Å²) in [5, 5.41) is 3.27. The van der Waals surface area contributed by atoms with Crippen molar-refractivity contribution in [3.63, 3.8) is 0 Å². The monoisotopic (exact) mass is 443 g/mol. The number of thiazole rings is 1. The van der Waals surface area contributed by atoms with Crippen LogP contribution in [0.15, 0.2) is 47.4 Å². The zero-order valence-electron chi connectivity index (χ0n) is 16.8. The Balaban J connectivity index is 1.45. The molecular weight excluding hydrogens is 418 g/mol. The van der Waals surface area contributed by atoms with Crippen LogP contribution in [0.3, 0.4) is 0 Å². The molecule has 0 spiro atoms. The molecule has 1 amide bonds. The van der Waals surface area contributed by atoms with Crippen molar-refractivity contribution in [2.45, 2.75) is 50.3 Å². The van der Waals surface area contributed by atoms with E-state index in [4.69, 9.17) is 0 Å². The first-order valence-electron chi connectivity index (χ1n) is 10.2. The Kier molecular flexibility index (Phi) is 6.06. The number of carbonyl (C=O) groups is 1. The van der Waals surface area contributed by atoms with Gasteiger partial charge in [-0.1, -0.05) is 48.3 Å². The van der Waals surface area contributed by atoms with E-state index in [0.717, 1.165) is 23.1 Å². The third kappa shape index (κ3) is 4.99. The lowest BCUT2D eigenvalue weighted by Gasteiger charge is -2.20. The molecule has 0 saturated heterocycles. The highest BCUT2D eigenvalue weighted by molar-refractivity contribution is 7.93. The van der Waals surface area contributed by atoms with E-state index in [-0.39, 0.29) is 10.8 Å². The number of amides is 1. The molecule has 8 heteroatoms. The van der Waals surface area contributed by atoms with Gasteiger partial charge in [0, 0.05) is 12.1 Å². The van der Waals surface area contributed by atoms with Gasteiger partial charge in [-0.2, -0.15) is 0 Å². The van der Waals surface area contributed by atoms with Crippen molar-refractivity contribution in [3.05, 3.63) is 48.0 Å². The van der Waals surface area contributed by atoms with Gasteiger partial charge in [0.05, 0.1) is 15.1 Å². The summed E-state index contributed by atoms with van der Waals surface area (Å²) in [5.74, 6) is 0.514. The summed E-state index contributed by atoms with van der Waals surface area (Å²) in [6.45, 7) is 1.91. The van der Waals surface area contributed by atoms with Crippen LogP contribution in [0.1, 0.15) is 44.1 Å². The van der Waals surface area contributed by atoms with Crippen molar-refractivity contribution < 1.29 is 13.2 Å². The van der Waals surface area contributed by atoms with Crippen LogP contribution in [-0.4, -0.2) is 19.3 Å². The molecule has 1 aromatic heterocycles. The van der Waals surface area contributed by atoms with E-state index in [1.54, 1.807) is 36.4 Å². The third-order valence-corrected chi connectivity index (χ3v) is 7.84. The summed E-state index contributed by atoms with van der Waals surface area (Å²) in [6, 6.07) is 12.1. The fourth-order valence-electron chi connectivity index (χ4n) is 3.80. The molecule has 30 heavy (non-hydrogen) atoms. The van der Waals surface area contributed by atoms with E-state index in [1.807, 2.05) is 13.0 Å². The maximum absolute atomic E-state index is 12.6. The first-order valence-corrected chi connectivity index (χ1v) is 12.5. The SMILES string of the molecule is Cc1ccc(S(=O)(=O)Nc2nc3ccc(NC(=O)CC4CCCCC4)cc3s2)cc1. The van der Waals surface area contributed by atoms with E-state index in [2.05, 4.69) is 15.0 Å². The molecule has 3 aromatic rings. The number of carbonyl (C=O) groups excluding carboxylic acids is 1. The van der Waals surface area contributed by atoms with Gasteiger partial charge >= 0.3 is 0 Å². The average Bonchev–Trinajstić information content (AvgIpc) is 3.09. The van der Waals surface area contributed by atoms with Crippen molar-refractivity contribution in [2.75, 3.05) is 10.0 Å². The summed E-state index contributed by atoms with van der Waals surface area (Å²) in [7, 11) is -3.70. The minimum absolute atomic E-state index is 0.0334. The number of hydrogen-bond donors (Lipinski definition) is 2. The van der Waals surface area contributed by atoms with Crippen molar-refractivity contribution in [3.8, 4) is 0 Å². The normalized spacial score (nSPS) is 15.2. The molecule has 0 aliphatic heterocycles. The summed E-state index contributed by atoms with van der Waals surface area (Å²) in [4.78, 5) is 16.9. The second kappa shape index (κ2) is 8.73. The van der Waals surface area contributed by atoms with Gasteiger partial charge in [0.1, 0.15) is 0 Å². The van der Waals surface area contributed by atoms with Gasteiger partial charge in [-0.15, -0.1) is 0 Å². The Morgan fingerprint density at radius 3 is 2.57 bits per heavy atom. The van der Waals surface area contributed by atoms with Gasteiger partial charge in [-0.05, 0) is 56.0 Å². The summed E-state index contributed by atoms with van der Waals surface area (Å²) in [6.07, 6.45) is 6.52. The molecule has 6 nitrogen and oxygen atoms in total. The van der Waals surface area contributed by atoms with Gasteiger partial charge in [0.2, 0.25) is 5.91 Å². The molecule has 1 heterocycles. The number of benzene rings is 2. The number of nitrogens with zero attached hydrogens (tertiary/aromatic N) is 1. The maximum atomic E-state index is 12.6. The van der Waals surface area contributed by atoms with Crippen molar-refractivity contribution >= 4 is 48.3 Å². The lowest BCUT2D eigenvalue weighted by molar-refractivity contribution is -0.117. The molecule has 1 saturated carbocycles. The van der Waals surface area contributed by atoms with E-state index < -0.39 is 10.0 Å². The Hall–Kier alpha value is -2.45. The molecule has 0 bridgehead atoms. The van der Waals surface area contributed by atoms with Crippen molar-refractivity contribution in [1.82, 2.24) is 4.98 Å². The Bertz CT molecular complexity index is 1150. The molecular formula is C22H25N3O3S2. The number of hydrogen-bond acceptors (Lipinski definition) is 5. The van der Waals surface area contributed by atoms with E-state index in [1.165, 1.54) is 30.6 Å². The van der Waals surface area contributed by atoms with Gasteiger partial charge in [0.25, 0.3) is 10.0 Å². The highest BCUT2D eigenvalue weighted by Gasteiger charge is 2.18. The van der Waals surface area contributed by atoms with E-state index >= 15 is 0 Å². The van der Waals surface area contributed by atoms with Crippen molar-refractivity contribution in [2.24, 2.45) is 5.92 Å². The van der Waals surface area contributed by atoms with Gasteiger partial charge in [0.15, 0.2) is 5.13 Å². The molecule has 2 N–H and O–H groups in total. The predicted octanol–water partition coefficient (Wildman–Crippen LogP) is 5.31. The molecule has 1 fully saturated rings. The first-order chi connectivity index (χ1) is 14.4. The highest BCUT2D eigenvalue weighted by Crippen LogP contribution is 2.31. The van der Waals surface area contributed by atoms with Gasteiger partial charge in [-0.25, -0.2) is 13.4 Å². The fraction of sp³-hybridized carbons (Fsp3) is 0.364. The molecule has 1 aliphatic carbocycles. The number of aryl methyl sites for hydroxylation is 1. The Morgan fingerprint density at radius 1 is 1.10 bits per heavy atom. The number of rotatable bonds is 6. The summed E-state index contributed by atoms with van der Waals surface area (Å²) in [5.41, 5.74) is 2.39. The molecule has 0 radical (unpaired) electrons. The lowest BCUT2D eigenvalue weighted by Crippen LogP contribution is -2.18. The third-order valence-electron chi connectivity index (χ3n) is 5.42. The Labute approximate surface area is 180 Å². The number of aromatic nitrogens is 1. The van der Waals surface area contributed by atoms with E-state index in [9.17, 15) is 13.2 Å². The summed E-state index contributed by atoms with van der Waals surface area (Å²) < 4.78 is 28.5. The number of sulfonamides is 1. The van der Waals surface area contributed by atoms with Crippen LogP contribution in [0.25, 0.3) is 10.2 Å². The second-order valence-electron chi connectivity index (χ2n) is 7.88. The molecule has 158 valence electrons. The minimum Gasteiger partial charge on any atom is -0.326 e. The minimum atomic E-state index is -3.70. The second-order valence-corrected chi connectivity index (χ2v) is 10.6. The zero-order chi connectivity index (χ0) is 21.1. The van der Waals surface area contributed by atoms with Crippen LogP contribution in [0.4, 0.5) is 10.8 Å². The first kappa shape index (κ1) is 20.8. The quantitative estimate of drug-likeness (QED) is 0.540. The Morgan fingerprint density at radius 2 is 1.83 bits per heavy atom. The molecule has 0 atom stereocenters.